The number of benzene rings is 1. The highest BCUT2D eigenvalue weighted by atomic mass is 16.5. The predicted molar refractivity (Wildman–Crippen MR) is 52.4 cm³/mol. The molecule has 1 heterocycles. The lowest BCUT2D eigenvalue weighted by Crippen LogP contribution is -2.12. The van der Waals surface area contributed by atoms with Gasteiger partial charge < -0.3 is 10.5 Å². The van der Waals surface area contributed by atoms with Crippen molar-refractivity contribution in [2.45, 2.75) is 26.0 Å². The van der Waals surface area contributed by atoms with Gasteiger partial charge in [-0.3, -0.25) is 0 Å². The molecule has 2 rings (SSSR count). The van der Waals surface area contributed by atoms with Gasteiger partial charge >= 0.3 is 0 Å². The molecule has 2 N–H and O–H groups in total. The fourth-order valence-electron chi connectivity index (χ4n) is 1.67. The molecule has 1 aromatic rings. The third kappa shape index (κ3) is 1.74. The number of hydrogen-bond donors (Lipinski definition) is 1. The van der Waals surface area contributed by atoms with Gasteiger partial charge in [0.05, 0.1) is 13.2 Å². The summed E-state index contributed by atoms with van der Waals surface area (Å²) in [5, 5.41) is 0. The van der Waals surface area contributed by atoms with Crippen molar-refractivity contribution in [1.82, 2.24) is 0 Å². The minimum Gasteiger partial charge on any atom is -0.376 e. The molecule has 1 aliphatic heterocycles. The Bertz CT molecular complexity index is 307. The van der Waals surface area contributed by atoms with Crippen molar-refractivity contribution in [3.8, 4) is 0 Å². The van der Waals surface area contributed by atoms with Crippen LogP contribution in [-0.2, 0) is 17.8 Å². The van der Waals surface area contributed by atoms with E-state index < -0.39 is 0 Å². The maximum absolute atomic E-state index is 5.82. The second-order valence-electron chi connectivity index (χ2n) is 3.62. The summed E-state index contributed by atoms with van der Waals surface area (Å²) in [7, 11) is 0. The first kappa shape index (κ1) is 8.73. The molecular weight excluding hydrogens is 162 g/mol. The Morgan fingerprint density at radius 3 is 3.00 bits per heavy atom. The first-order chi connectivity index (χ1) is 6.27. The van der Waals surface area contributed by atoms with Gasteiger partial charge in [0.2, 0.25) is 0 Å². The summed E-state index contributed by atoms with van der Waals surface area (Å²) in [5.41, 5.74) is 9.76. The average molecular weight is 177 g/mol. The normalized spacial score (nSPS) is 18.0. The Labute approximate surface area is 78.7 Å². The quantitative estimate of drug-likeness (QED) is 0.709. The molecule has 0 bridgehead atoms. The Morgan fingerprint density at radius 1 is 1.38 bits per heavy atom. The van der Waals surface area contributed by atoms with Crippen molar-refractivity contribution >= 4 is 0 Å². The zero-order valence-electron chi connectivity index (χ0n) is 7.92. The molecule has 1 aromatic carbocycles. The van der Waals surface area contributed by atoms with E-state index in [1.54, 1.807) is 0 Å². The first-order valence-corrected chi connectivity index (χ1v) is 4.72. The van der Waals surface area contributed by atoms with Gasteiger partial charge in [-0.15, -0.1) is 0 Å². The van der Waals surface area contributed by atoms with E-state index in [4.69, 9.17) is 10.5 Å². The molecule has 0 unspecified atom stereocenters. The van der Waals surface area contributed by atoms with E-state index in [0.29, 0.717) is 0 Å². The standard InChI is InChI=1S/C11H15NO/c1-8(12)9-2-3-11-7-13-5-4-10(11)6-9/h2-3,6,8H,4-5,7,12H2,1H3/t8-/m0/s1. The lowest BCUT2D eigenvalue weighted by molar-refractivity contribution is 0.110. The summed E-state index contributed by atoms with van der Waals surface area (Å²) in [6, 6.07) is 6.57. The Kier molecular flexibility index (Phi) is 2.34. The van der Waals surface area contributed by atoms with Gasteiger partial charge in [0, 0.05) is 6.04 Å². The van der Waals surface area contributed by atoms with E-state index in [2.05, 4.69) is 18.2 Å². The van der Waals surface area contributed by atoms with Crippen LogP contribution < -0.4 is 5.73 Å². The Balaban J connectivity index is 2.35. The molecule has 0 aliphatic carbocycles. The van der Waals surface area contributed by atoms with E-state index in [9.17, 15) is 0 Å². The van der Waals surface area contributed by atoms with Crippen LogP contribution in [0.4, 0.5) is 0 Å². The van der Waals surface area contributed by atoms with Gasteiger partial charge in [-0.1, -0.05) is 18.2 Å². The molecule has 0 amide bonds. The molecule has 2 heteroatoms. The van der Waals surface area contributed by atoms with E-state index >= 15 is 0 Å². The van der Waals surface area contributed by atoms with E-state index in [1.807, 2.05) is 6.92 Å². The molecule has 0 saturated carbocycles. The van der Waals surface area contributed by atoms with Crippen LogP contribution in [0.15, 0.2) is 18.2 Å². The van der Waals surface area contributed by atoms with Crippen LogP contribution >= 0.6 is 0 Å². The highest BCUT2D eigenvalue weighted by Crippen LogP contribution is 2.20. The summed E-state index contributed by atoms with van der Waals surface area (Å²) in [6.07, 6.45) is 1.02. The maximum atomic E-state index is 5.82. The van der Waals surface area contributed by atoms with Crippen LogP contribution in [0, 0.1) is 0 Å². The zero-order valence-corrected chi connectivity index (χ0v) is 7.92. The van der Waals surface area contributed by atoms with Gasteiger partial charge in [0.15, 0.2) is 0 Å². The van der Waals surface area contributed by atoms with Gasteiger partial charge in [-0.25, -0.2) is 0 Å². The summed E-state index contributed by atoms with van der Waals surface area (Å²) >= 11 is 0. The fourth-order valence-corrected chi connectivity index (χ4v) is 1.67. The van der Waals surface area contributed by atoms with E-state index in [0.717, 1.165) is 19.6 Å². The largest absolute Gasteiger partial charge is 0.376 e. The number of ether oxygens (including phenoxy) is 1. The number of hydrogen-bond acceptors (Lipinski definition) is 2. The molecule has 0 aromatic heterocycles. The molecule has 0 spiro atoms. The van der Waals surface area contributed by atoms with Crippen LogP contribution in [0.5, 0.6) is 0 Å². The lowest BCUT2D eigenvalue weighted by atomic mass is 9.98. The molecule has 0 saturated heterocycles. The summed E-state index contributed by atoms with van der Waals surface area (Å²) in [4.78, 5) is 0. The number of rotatable bonds is 1. The Morgan fingerprint density at radius 2 is 2.23 bits per heavy atom. The highest BCUT2D eigenvalue weighted by molar-refractivity contribution is 5.34. The van der Waals surface area contributed by atoms with Crippen molar-refractivity contribution in [1.29, 1.82) is 0 Å². The number of nitrogens with two attached hydrogens (primary N) is 1. The fraction of sp³-hybridized carbons (Fsp3) is 0.455. The minimum atomic E-state index is 0.133. The van der Waals surface area contributed by atoms with Crippen LogP contribution in [-0.4, -0.2) is 6.61 Å². The average Bonchev–Trinajstić information content (AvgIpc) is 2.17. The second-order valence-corrected chi connectivity index (χ2v) is 3.62. The van der Waals surface area contributed by atoms with Gasteiger partial charge in [0.25, 0.3) is 0 Å². The summed E-state index contributed by atoms with van der Waals surface area (Å²) in [6.45, 7) is 3.62. The van der Waals surface area contributed by atoms with Crippen LogP contribution in [0.3, 0.4) is 0 Å². The molecular formula is C11H15NO. The third-order valence-electron chi connectivity index (χ3n) is 2.53. The smallest absolute Gasteiger partial charge is 0.0719 e. The van der Waals surface area contributed by atoms with Crippen LogP contribution in [0.25, 0.3) is 0 Å². The second kappa shape index (κ2) is 3.48. The molecule has 70 valence electrons. The topological polar surface area (TPSA) is 35.2 Å². The summed E-state index contributed by atoms with van der Waals surface area (Å²) in [5.74, 6) is 0. The molecule has 1 aliphatic rings. The van der Waals surface area contributed by atoms with Gasteiger partial charge in [-0.2, -0.15) is 0 Å². The van der Waals surface area contributed by atoms with Crippen molar-refractivity contribution in [3.05, 3.63) is 34.9 Å². The zero-order chi connectivity index (χ0) is 9.26. The first-order valence-electron chi connectivity index (χ1n) is 4.72. The van der Waals surface area contributed by atoms with Gasteiger partial charge in [0.1, 0.15) is 0 Å². The van der Waals surface area contributed by atoms with Gasteiger partial charge in [-0.05, 0) is 30.0 Å². The monoisotopic (exact) mass is 177 g/mol. The summed E-state index contributed by atoms with van der Waals surface area (Å²) < 4.78 is 5.37. The van der Waals surface area contributed by atoms with Crippen LogP contribution in [0.2, 0.25) is 0 Å². The van der Waals surface area contributed by atoms with E-state index in [1.165, 1.54) is 16.7 Å². The molecule has 13 heavy (non-hydrogen) atoms. The Hall–Kier alpha value is -0.860. The molecule has 2 nitrogen and oxygen atoms in total. The molecule has 0 radical (unpaired) electrons. The minimum absolute atomic E-state index is 0.133. The van der Waals surface area contributed by atoms with Crippen molar-refractivity contribution in [3.63, 3.8) is 0 Å². The van der Waals surface area contributed by atoms with Crippen molar-refractivity contribution < 1.29 is 4.74 Å². The maximum Gasteiger partial charge on any atom is 0.0719 e. The van der Waals surface area contributed by atoms with Crippen molar-refractivity contribution in [2.75, 3.05) is 6.61 Å². The third-order valence-corrected chi connectivity index (χ3v) is 2.53. The molecule has 0 fully saturated rings. The SMILES string of the molecule is C[C@H](N)c1ccc2c(c1)CCOC2. The highest BCUT2D eigenvalue weighted by Gasteiger charge is 2.10. The van der Waals surface area contributed by atoms with Crippen LogP contribution in [0.1, 0.15) is 29.7 Å². The van der Waals surface area contributed by atoms with Crippen molar-refractivity contribution in [2.24, 2.45) is 5.73 Å². The lowest BCUT2D eigenvalue weighted by Gasteiger charge is -2.18. The number of fused-ring (bicyclic) bond motifs is 1. The van der Waals surface area contributed by atoms with E-state index in [-0.39, 0.29) is 6.04 Å². The molecule has 1 atom stereocenters. The predicted octanol–water partition coefficient (Wildman–Crippen LogP) is 1.78.